The molecule has 3 aliphatic rings. The van der Waals surface area contributed by atoms with Crippen molar-refractivity contribution in [2.45, 2.75) is 31.7 Å². The van der Waals surface area contributed by atoms with Crippen LogP contribution in [0.25, 0.3) is 5.57 Å². The smallest absolute Gasteiger partial charge is 0.232 e. The van der Waals surface area contributed by atoms with Gasteiger partial charge in [0.15, 0.2) is 0 Å². The Balaban J connectivity index is 1.71. The van der Waals surface area contributed by atoms with Crippen LogP contribution < -0.4 is 5.32 Å². The van der Waals surface area contributed by atoms with Crippen molar-refractivity contribution >= 4 is 33.1 Å². The third kappa shape index (κ3) is 2.66. The van der Waals surface area contributed by atoms with Crippen molar-refractivity contribution in [2.75, 3.05) is 12.4 Å². The number of benzene rings is 2. The first kappa shape index (κ1) is 18.4. The highest BCUT2D eigenvalue weighted by atomic mass is 79.9. The molecule has 0 fully saturated rings. The average molecular weight is 447 g/mol. The van der Waals surface area contributed by atoms with Gasteiger partial charge in [0, 0.05) is 23.1 Å². The first-order valence-electron chi connectivity index (χ1n) is 9.95. The van der Waals surface area contributed by atoms with Gasteiger partial charge in [-0.25, -0.2) is 0 Å². The fraction of sp³-hybridized carbons (Fsp3) is 0.240. The lowest BCUT2D eigenvalue weighted by Crippen LogP contribution is -2.28. The van der Waals surface area contributed by atoms with E-state index in [9.17, 15) is 4.79 Å². The number of halogens is 1. The molecule has 2 aliphatic heterocycles. The molecule has 4 heteroatoms. The highest BCUT2D eigenvalue weighted by Crippen LogP contribution is 2.54. The van der Waals surface area contributed by atoms with Gasteiger partial charge in [-0.3, -0.25) is 4.79 Å². The number of nitrogens with zero attached hydrogens (tertiary/aromatic N) is 1. The molecule has 3 atom stereocenters. The topological polar surface area (TPSA) is 32.3 Å². The Hall–Kier alpha value is -2.59. The van der Waals surface area contributed by atoms with Gasteiger partial charge in [-0.05, 0) is 66.1 Å². The summed E-state index contributed by atoms with van der Waals surface area (Å²) in [5, 5.41) is 3.13. The summed E-state index contributed by atoms with van der Waals surface area (Å²) in [6, 6.07) is 12.8. The van der Waals surface area contributed by atoms with Crippen LogP contribution in [0.15, 0.2) is 70.9 Å². The Kier molecular flexibility index (Phi) is 4.28. The molecule has 0 bridgehead atoms. The summed E-state index contributed by atoms with van der Waals surface area (Å²) in [6.07, 6.45) is 8.52. The van der Waals surface area contributed by atoms with Gasteiger partial charge in [0.1, 0.15) is 0 Å². The van der Waals surface area contributed by atoms with Crippen molar-refractivity contribution < 1.29 is 4.79 Å². The zero-order valence-electron chi connectivity index (χ0n) is 16.7. The number of allylic oxidation sites excluding steroid dienone is 3. The second-order valence-electron chi connectivity index (χ2n) is 8.10. The molecule has 2 aromatic carbocycles. The number of hydrogen-bond donors (Lipinski definition) is 1. The van der Waals surface area contributed by atoms with Gasteiger partial charge in [0.05, 0.1) is 12.0 Å². The zero-order chi connectivity index (χ0) is 20.3. The first-order valence-corrected chi connectivity index (χ1v) is 10.7. The number of likely N-dealkylation sites (N-methyl/N-ethyl adjacent to an activating group) is 1. The fourth-order valence-corrected chi connectivity index (χ4v) is 5.55. The molecule has 0 saturated heterocycles. The summed E-state index contributed by atoms with van der Waals surface area (Å²) < 4.78 is 1.05. The monoisotopic (exact) mass is 446 g/mol. The van der Waals surface area contributed by atoms with E-state index in [2.05, 4.69) is 95.7 Å². The number of amides is 1. The minimum Gasteiger partial charge on any atom is -0.370 e. The number of carbonyl (C=O) groups excluding carboxylic acids is 1. The minimum atomic E-state index is -0.213. The largest absolute Gasteiger partial charge is 0.370 e. The molecule has 0 spiro atoms. The van der Waals surface area contributed by atoms with Crippen LogP contribution in [0, 0.1) is 6.92 Å². The van der Waals surface area contributed by atoms with Crippen LogP contribution in [0.3, 0.4) is 0 Å². The molecule has 0 aromatic heterocycles. The van der Waals surface area contributed by atoms with E-state index in [1.54, 1.807) is 0 Å². The summed E-state index contributed by atoms with van der Waals surface area (Å²) in [5.74, 6) is -0.0771. The van der Waals surface area contributed by atoms with E-state index in [0.29, 0.717) is 0 Å². The molecule has 0 radical (unpaired) electrons. The number of rotatable bonds is 2. The second-order valence-corrected chi connectivity index (χ2v) is 8.95. The van der Waals surface area contributed by atoms with Crippen molar-refractivity contribution in [2.24, 2.45) is 0 Å². The number of fused-ring (bicyclic) bond motifs is 2. The van der Waals surface area contributed by atoms with E-state index in [-0.39, 0.29) is 23.8 Å². The van der Waals surface area contributed by atoms with Crippen molar-refractivity contribution in [3.05, 3.63) is 93.1 Å². The standard InChI is InChI=1S/C25H23BrN2O/c1-14-18(26)11-12-19-23(14)24(25(29)27-19)22-15(2)21(16-8-4-5-9-17(16)22)20-10-6-7-13-28(20)3/h4-13,20,22,24H,1-3H3,(H,27,29). The van der Waals surface area contributed by atoms with Crippen molar-refractivity contribution in [1.29, 1.82) is 0 Å². The van der Waals surface area contributed by atoms with E-state index in [4.69, 9.17) is 0 Å². The zero-order valence-corrected chi connectivity index (χ0v) is 18.3. The van der Waals surface area contributed by atoms with Crippen LogP contribution >= 0.6 is 15.9 Å². The number of carbonyl (C=O) groups is 1. The van der Waals surface area contributed by atoms with Crippen molar-refractivity contribution in [3.8, 4) is 0 Å². The van der Waals surface area contributed by atoms with Gasteiger partial charge in [-0.15, -0.1) is 0 Å². The lowest BCUT2D eigenvalue weighted by Gasteiger charge is -2.29. The number of hydrogen-bond acceptors (Lipinski definition) is 2. The predicted molar refractivity (Wildman–Crippen MR) is 122 cm³/mol. The number of anilines is 1. The lowest BCUT2D eigenvalue weighted by molar-refractivity contribution is -0.117. The third-order valence-corrected chi connectivity index (χ3v) is 7.43. The SMILES string of the molecule is CC1=C(C2C=CC=CN2C)c2ccccc2C1C1C(=O)Nc2ccc(Br)c(C)c21. The molecule has 1 N–H and O–H groups in total. The molecule has 29 heavy (non-hydrogen) atoms. The van der Waals surface area contributed by atoms with Crippen LogP contribution in [0.1, 0.15) is 41.0 Å². The fourth-order valence-electron chi connectivity index (χ4n) is 5.20. The van der Waals surface area contributed by atoms with Crippen LogP contribution in [-0.4, -0.2) is 23.9 Å². The Morgan fingerprint density at radius 1 is 1.03 bits per heavy atom. The van der Waals surface area contributed by atoms with E-state index in [0.717, 1.165) is 21.3 Å². The molecule has 1 aliphatic carbocycles. The Bertz CT molecular complexity index is 1130. The second kappa shape index (κ2) is 6.74. The molecule has 1 amide bonds. The molecular weight excluding hydrogens is 424 g/mol. The Morgan fingerprint density at radius 3 is 2.62 bits per heavy atom. The highest BCUT2D eigenvalue weighted by molar-refractivity contribution is 9.10. The van der Waals surface area contributed by atoms with Crippen molar-refractivity contribution in [1.82, 2.24) is 4.90 Å². The van der Waals surface area contributed by atoms with Gasteiger partial charge < -0.3 is 10.2 Å². The van der Waals surface area contributed by atoms with Crippen LogP contribution in [0.4, 0.5) is 5.69 Å². The van der Waals surface area contributed by atoms with Crippen LogP contribution in [0.5, 0.6) is 0 Å². The van der Waals surface area contributed by atoms with E-state index in [1.165, 1.54) is 22.3 Å². The number of nitrogens with one attached hydrogen (secondary N) is 1. The highest BCUT2D eigenvalue weighted by Gasteiger charge is 2.45. The molecule has 3 nitrogen and oxygen atoms in total. The molecule has 146 valence electrons. The summed E-state index contributed by atoms with van der Waals surface area (Å²) in [5.41, 5.74) is 8.33. The maximum atomic E-state index is 13.2. The molecule has 3 unspecified atom stereocenters. The average Bonchev–Trinajstić information content (AvgIpc) is 3.19. The molecule has 5 rings (SSSR count). The maximum absolute atomic E-state index is 13.2. The lowest BCUT2D eigenvalue weighted by atomic mass is 9.79. The first-order chi connectivity index (χ1) is 14.0. The van der Waals surface area contributed by atoms with Crippen LogP contribution in [0.2, 0.25) is 0 Å². The van der Waals surface area contributed by atoms with Gasteiger partial charge in [-0.2, -0.15) is 0 Å². The van der Waals surface area contributed by atoms with Gasteiger partial charge >= 0.3 is 0 Å². The molecule has 0 saturated carbocycles. The van der Waals surface area contributed by atoms with E-state index >= 15 is 0 Å². The van der Waals surface area contributed by atoms with Gasteiger partial charge in [-0.1, -0.05) is 57.9 Å². The van der Waals surface area contributed by atoms with E-state index in [1.807, 2.05) is 12.1 Å². The quantitative estimate of drug-likeness (QED) is 0.636. The minimum absolute atomic E-state index is 0.0446. The Morgan fingerprint density at radius 2 is 1.83 bits per heavy atom. The third-order valence-electron chi connectivity index (χ3n) is 6.57. The summed E-state index contributed by atoms with van der Waals surface area (Å²) in [7, 11) is 2.11. The molecule has 2 heterocycles. The maximum Gasteiger partial charge on any atom is 0.232 e. The predicted octanol–water partition coefficient (Wildman–Crippen LogP) is 5.75. The van der Waals surface area contributed by atoms with Gasteiger partial charge in [0.25, 0.3) is 0 Å². The molecule has 2 aromatic rings. The summed E-state index contributed by atoms with van der Waals surface area (Å²) in [4.78, 5) is 15.4. The Labute approximate surface area is 179 Å². The van der Waals surface area contributed by atoms with E-state index < -0.39 is 0 Å². The van der Waals surface area contributed by atoms with Crippen molar-refractivity contribution in [3.63, 3.8) is 0 Å². The van der Waals surface area contributed by atoms with Crippen LogP contribution in [-0.2, 0) is 4.79 Å². The van der Waals surface area contributed by atoms with Gasteiger partial charge in [0.2, 0.25) is 5.91 Å². The summed E-state index contributed by atoms with van der Waals surface area (Å²) in [6.45, 7) is 4.30. The normalized spacial score (nSPS) is 24.8. The summed E-state index contributed by atoms with van der Waals surface area (Å²) >= 11 is 3.66. The molecular formula is C25H23BrN2O.